The first-order chi connectivity index (χ1) is 20.9. The third-order valence-electron chi connectivity index (χ3n) is 8.14. The number of urea groups is 2. The van der Waals surface area contributed by atoms with E-state index in [1.165, 1.54) is 0 Å². The van der Waals surface area contributed by atoms with Crippen LogP contribution in [0.2, 0.25) is 0 Å². The summed E-state index contributed by atoms with van der Waals surface area (Å²) >= 11 is 0. The number of nitrogens with one attached hydrogen (secondary N) is 3. The smallest absolute Gasteiger partial charge is 0.416 e. The van der Waals surface area contributed by atoms with Crippen molar-refractivity contribution in [2.75, 3.05) is 37.4 Å². The molecule has 2 aromatic carbocycles. The van der Waals surface area contributed by atoms with Crippen LogP contribution in [0.4, 0.5) is 34.1 Å². The monoisotopic (exact) mass is 619 g/mol. The molecule has 1 fully saturated rings. The van der Waals surface area contributed by atoms with Gasteiger partial charge in [-0.2, -0.15) is 13.2 Å². The molecule has 1 saturated carbocycles. The van der Waals surface area contributed by atoms with Crippen molar-refractivity contribution in [1.82, 2.24) is 15.1 Å². The summed E-state index contributed by atoms with van der Waals surface area (Å²) in [5, 5.41) is 18.1. The Balaban J connectivity index is 1.57. The summed E-state index contributed by atoms with van der Waals surface area (Å²) in [5.41, 5.74) is -0.403. The fraction of sp³-hybridized carbons (Fsp3) is 0.516. The quantitative estimate of drug-likeness (QED) is 0.324. The van der Waals surface area contributed by atoms with Gasteiger partial charge in [-0.1, -0.05) is 32.3 Å². The fourth-order valence-electron chi connectivity index (χ4n) is 5.47. The van der Waals surface area contributed by atoms with Gasteiger partial charge in [0.25, 0.3) is 5.91 Å². The predicted octanol–water partition coefficient (Wildman–Crippen LogP) is 5.54. The van der Waals surface area contributed by atoms with Crippen molar-refractivity contribution >= 4 is 29.3 Å². The molecule has 0 saturated heterocycles. The van der Waals surface area contributed by atoms with Crippen LogP contribution in [0.3, 0.4) is 0 Å². The Morgan fingerprint density at radius 2 is 1.77 bits per heavy atom. The number of hydrogen-bond donors (Lipinski definition) is 4. The van der Waals surface area contributed by atoms with Crippen molar-refractivity contribution in [1.29, 1.82) is 0 Å². The molecule has 4 N–H and O–H groups in total. The molecule has 4 rings (SSSR count). The maximum atomic E-state index is 13.7. The average Bonchev–Trinajstić information content (AvgIpc) is 2.99. The number of benzene rings is 2. The minimum atomic E-state index is -4.51. The van der Waals surface area contributed by atoms with E-state index in [1.807, 2.05) is 6.92 Å². The number of nitrogens with zero attached hydrogens (tertiary/aromatic N) is 2. The number of anilines is 2. The number of amides is 5. The van der Waals surface area contributed by atoms with E-state index in [-0.39, 0.29) is 60.4 Å². The van der Waals surface area contributed by atoms with Crippen LogP contribution >= 0.6 is 0 Å². The average molecular weight is 620 g/mol. The van der Waals surface area contributed by atoms with Gasteiger partial charge in [0, 0.05) is 31.2 Å². The van der Waals surface area contributed by atoms with Crippen molar-refractivity contribution in [3.8, 4) is 5.75 Å². The molecule has 10 nitrogen and oxygen atoms in total. The molecule has 5 amide bonds. The number of ether oxygens (including phenoxy) is 1. The second-order valence-corrected chi connectivity index (χ2v) is 11.6. The van der Waals surface area contributed by atoms with Gasteiger partial charge in [-0.3, -0.25) is 4.79 Å². The Morgan fingerprint density at radius 1 is 1.09 bits per heavy atom. The van der Waals surface area contributed by atoms with Gasteiger partial charge in [-0.15, -0.1) is 0 Å². The number of carbonyl (C=O) groups excluding carboxylic acids is 3. The molecule has 2 aromatic rings. The number of hydrogen-bond acceptors (Lipinski definition) is 5. The van der Waals surface area contributed by atoms with Gasteiger partial charge in [0.2, 0.25) is 0 Å². The van der Waals surface area contributed by atoms with Crippen LogP contribution in [-0.4, -0.2) is 77.8 Å². The molecule has 44 heavy (non-hydrogen) atoms. The van der Waals surface area contributed by atoms with E-state index < -0.39 is 35.8 Å². The van der Waals surface area contributed by atoms with Gasteiger partial charge in [-0.25, -0.2) is 9.59 Å². The summed E-state index contributed by atoms with van der Waals surface area (Å²) in [6, 6.07) is 7.28. The summed E-state index contributed by atoms with van der Waals surface area (Å²) in [6.45, 7) is 3.79. The van der Waals surface area contributed by atoms with Crippen molar-refractivity contribution in [3.63, 3.8) is 0 Å². The molecule has 1 aliphatic carbocycles. The zero-order valence-electron chi connectivity index (χ0n) is 25.1. The Bertz CT molecular complexity index is 1320. The first-order valence-electron chi connectivity index (χ1n) is 14.9. The van der Waals surface area contributed by atoms with Gasteiger partial charge >= 0.3 is 18.2 Å². The molecular weight excluding hydrogens is 579 g/mol. The summed E-state index contributed by atoms with van der Waals surface area (Å²) in [4.78, 5) is 42.7. The minimum Gasteiger partial charge on any atom is -0.485 e. The standard InChI is InChI=1S/C31H40F3N5O5/c1-19-16-39(20(2)18-40)28(41)24-10-7-11-25(37-29(42)35-23-14-12-21(13-15-23)31(32,33)34)27(24)44-26(19)17-38(3)30(43)36-22-8-5-4-6-9-22/h7,10-15,19-20,22,26,40H,4-6,8-9,16-18H2,1-3H3,(H,36,43)(H2,35,37,42)/t19-,20+,26+/m0/s1. The van der Waals surface area contributed by atoms with Gasteiger partial charge in [0.15, 0.2) is 5.75 Å². The lowest BCUT2D eigenvalue weighted by molar-refractivity contribution is -0.137. The van der Waals surface area contributed by atoms with Crippen molar-refractivity contribution in [2.24, 2.45) is 5.92 Å². The molecule has 13 heteroatoms. The Labute approximate surface area is 254 Å². The highest BCUT2D eigenvalue weighted by Gasteiger charge is 2.35. The minimum absolute atomic E-state index is 0.0906. The lowest BCUT2D eigenvalue weighted by atomic mass is 9.96. The lowest BCUT2D eigenvalue weighted by Gasteiger charge is -2.38. The predicted molar refractivity (Wildman–Crippen MR) is 160 cm³/mol. The van der Waals surface area contributed by atoms with Crippen molar-refractivity contribution < 1.29 is 37.4 Å². The first kappa shape index (κ1) is 32.9. The number of para-hydroxylation sites is 1. The highest BCUT2D eigenvalue weighted by Crippen LogP contribution is 2.35. The van der Waals surface area contributed by atoms with Gasteiger partial charge in [0.1, 0.15) is 6.10 Å². The highest BCUT2D eigenvalue weighted by atomic mass is 19.4. The normalized spacial score (nSPS) is 20.0. The van der Waals surface area contributed by atoms with E-state index in [1.54, 1.807) is 42.0 Å². The van der Waals surface area contributed by atoms with E-state index in [0.29, 0.717) is 0 Å². The summed E-state index contributed by atoms with van der Waals surface area (Å²) in [7, 11) is 1.68. The summed E-state index contributed by atoms with van der Waals surface area (Å²) < 4.78 is 45.2. The van der Waals surface area contributed by atoms with E-state index in [9.17, 15) is 32.7 Å². The second-order valence-electron chi connectivity index (χ2n) is 11.6. The van der Waals surface area contributed by atoms with Crippen molar-refractivity contribution in [2.45, 2.75) is 70.3 Å². The van der Waals surface area contributed by atoms with E-state index >= 15 is 0 Å². The van der Waals surface area contributed by atoms with Gasteiger partial charge < -0.3 is 35.6 Å². The Morgan fingerprint density at radius 3 is 2.41 bits per heavy atom. The number of halogens is 3. The number of fused-ring (bicyclic) bond motifs is 1. The molecule has 240 valence electrons. The third-order valence-corrected chi connectivity index (χ3v) is 8.14. The molecule has 3 atom stereocenters. The number of rotatable bonds is 7. The molecule has 0 spiro atoms. The molecule has 0 aromatic heterocycles. The summed E-state index contributed by atoms with van der Waals surface area (Å²) in [6.07, 6.45) is 0.0664. The first-order valence-corrected chi connectivity index (χ1v) is 14.9. The molecule has 0 radical (unpaired) electrons. The van der Waals surface area contributed by atoms with Crippen LogP contribution in [0, 0.1) is 5.92 Å². The zero-order valence-corrected chi connectivity index (χ0v) is 25.1. The van der Waals surface area contributed by atoms with Crippen LogP contribution in [-0.2, 0) is 6.18 Å². The SMILES string of the molecule is C[C@H](CO)N1C[C@H](C)[C@@H](CN(C)C(=O)NC2CCCCC2)Oc2c(NC(=O)Nc3ccc(C(F)(F)F)cc3)cccc2C1=O. The van der Waals surface area contributed by atoms with Crippen LogP contribution in [0.5, 0.6) is 5.75 Å². The summed E-state index contributed by atoms with van der Waals surface area (Å²) in [5.74, 6) is -0.588. The highest BCUT2D eigenvalue weighted by molar-refractivity contribution is 6.04. The molecule has 0 unspecified atom stereocenters. The van der Waals surface area contributed by atoms with E-state index in [2.05, 4.69) is 16.0 Å². The molecule has 2 aliphatic rings. The number of aliphatic hydroxyl groups excluding tert-OH is 1. The molecule has 1 aliphatic heterocycles. The van der Waals surface area contributed by atoms with Crippen LogP contribution in [0.1, 0.15) is 61.9 Å². The van der Waals surface area contributed by atoms with Gasteiger partial charge in [0.05, 0.1) is 36.0 Å². The largest absolute Gasteiger partial charge is 0.485 e. The number of carbonyl (C=O) groups is 3. The Kier molecular flexibility index (Phi) is 10.6. The zero-order chi connectivity index (χ0) is 32.0. The molecule has 0 bridgehead atoms. The lowest BCUT2D eigenvalue weighted by Crippen LogP contribution is -2.52. The number of aliphatic hydroxyl groups is 1. The maximum absolute atomic E-state index is 13.7. The number of likely N-dealkylation sites (N-methyl/N-ethyl adjacent to an activating group) is 1. The number of alkyl halides is 3. The third kappa shape index (κ3) is 8.13. The van der Waals surface area contributed by atoms with Crippen LogP contribution in [0.15, 0.2) is 42.5 Å². The van der Waals surface area contributed by atoms with E-state index in [4.69, 9.17) is 4.74 Å². The molecular formula is C31H40F3N5O5. The Hall–Kier alpha value is -4.00. The maximum Gasteiger partial charge on any atom is 0.416 e. The fourth-order valence-corrected chi connectivity index (χ4v) is 5.47. The van der Waals surface area contributed by atoms with Crippen molar-refractivity contribution in [3.05, 3.63) is 53.6 Å². The molecule has 1 heterocycles. The van der Waals surface area contributed by atoms with Crippen LogP contribution < -0.4 is 20.7 Å². The van der Waals surface area contributed by atoms with Crippen LogP contribution in [0.25, 0.3) is 0 Å². The van der Waals surface area contributed by atoms with E-state index in [0.717, 1.165) is 56.4 Å². The van der Waals surface area contributed by atoms with Gasteiger partial charge in [-0.05, 0) is 56.2 Å². The second kappa shape index (κ2) is 14.2. The topological polar surface area (TPSA) is 123 Å².